The minimum atomic E-state index is -4.22. The van der Waals surface area contributed by atoms with Gasteiger partial charge in [-0.3, -0.25) is 0 Å². The van der Waals surface area contributed by atoms with Gasteiger partial charge in [-0.25, -0.2) is 13.1 Å². The van der Waals surface area contributed by atoms with Gasteiger partial charge in [0.15, 0.2) is 4.92 Å². The molecule has 0 spiro atoms. The second-order valence-corrected chi connectivity index (χ2v) is 7.31. The lowest BCUT2D eigenvalue weighted by Crippen LogP contribution is -2.16. The van der Waals surface area contributed by atoms with Gasteiger partial charge in [0, 0.05) is 0 Å². The van der Waals surface area contributed by atoms with E-state index in [1.165, 1.54) is 25.3 Å². The van der Waals surface area contributed by atoms with Gasteiger partial charge in [0.2, 0.25) is 4.60 Å². The molecule has 0 aliphatic carbocycles. The number of anilines is 1. The van der Waals surface area contributed by atoms with Crippen LogP contribution in [0.5, 0.6) is 5.88 Å². The first-order chi connectivity index (χ1) is 11.2. The summed E-state index contributed by atoms with van der Waals surface area (Å²) in [6.45, 7) is 0. The summed E-state index contributed by atoms with van der Waals surface area (Å²) < 4.78 is 31.8. The Morgan fingerprint density at radius 1 is 1.33 bits per heavy atom. The minimum Gasteiger partial charge on any atom is -0.477 e. The van der Waals surface area contributed by atoms with Crippen LogP contribution >= 0.6 is 39.1 Å². The Kier molecular flexibility index (Phi) is 5.48. The Bertz CT molecular complexity index is 925. The number of ether oxygens (including phenoxy) is 1. The van der Waals surface area contributed by atoms with E-state index in [1.54, 1.807) is 0 Å². The third kappa shape index (κ3) is 3.69. The molecule has 2 N–H and O–H groups in total. The molecule has 0 aliphatic rings. The highest BCUT2D eigenvalue weighted by Gasteiger charge is 2.30. The maximum atomic E-state index is 12.5. The average Bonchev–Trinajstić information content (AvgIpc) is 2.50. The summed E-state index contributed by atoms with van der Waals surface area (Å²) in [4.78, 5) is 17.6. The Morgan fingerprint density at radius 3 is 2.58 bits per heavy atom. The number of hydrogen-bond donors (Lipinski definition) is 2. The highest BCUT2D eigenvalue weighted by Crippen LogP contribution is 2.33. The van der Waals surface area contributed by atoms with Gasteiger partial charge in [-0.1, -0.05) is 29.3 Å². The van der Waals surface area contributed by atoms with Crippen LogP contribution in [0.1, 0.15) is 0 Å². The van der Waals surface area contributed by atoms with Crippen LogP contribution in [0.25, 0.3) is 0 Å². The molecule has 0 saturated carbocycles. The second kappa shape index (κ2) is 7.05. The number of nitrogens with one attached hydrogen (secondary N) is 1. The van der Waals surface area contributed by atoms with Crippen LogP contribution in [0.2, 0.25) is 10.0 Å². The lowest BCUT2D eigenvalue weighted by atomic mass is 10.4. The number of rotatable bonds is 5. The minimum absolute atomic E-state index is 0.0372. The molecule has 0 bridgehead atoms. The predicted molar refractivity (Wildman–Crippen MR) is 88.6 cm³/mol. The van der Waals surface area contributed by atoms with Gasteiger partial charge < -0.3 is 9.94 Å². The first kappa shape index (κ1) is 18.6. The summed E-state index contributed by atoms with van der Waals surface area (Å²) in [5, 5.41) is 8.82. The first-order valence-electron chi connectivity index (χ1n) is 5.92. The molecule has 2 rings (SSSR count). The van der Waals surface area contributed by atoms with Crippen molar-refractivity contribution in [3.8, 4) is 5.88 Å². The van der Waals surface area contributed by atoms with Gasteiger partial charge in [0.1, 0.15) is 4.90 Å². The average molecular weight is 459 g/mol. The fourth-order valence-corrected chi connectivity index (χ4v) is 3.76. The second-order valence-electron chi connectivity index (χ2n) is 4.13. The number of sulfonamides is 1. The van der Waals surface area contributed by atoms with Crippen molar-refractivity contribution in [2.24, 2.45) is 0 Å². The van der Waals surface area contributed by atoms with Crippen LogP contribution in [0.3, 0.4) is 0 Å². The molecule has 0 fully saturated rings. The third-order valence-corrected chi connectivity index (χ3v) is 5.46. The summed E-state index contributed by atoms with van der Waals surface area (Å²) in [5.41, 5.74) is 0. The van der Waals surface area contributed by atoms with E-state index < -0.39 is 26.6 Å². The SMILES string of the molecule is COc1nc(Br)c([N+](=O)O)nc1NS(=O)(=O)c1cccc(Cl)c1Cl. The van der Waals surface area contributed by atoms with Gasteiger partial charge in [-0.05, 0) is 38.0 Å². The number of methoxy groups -OCH3 is 1. The fraction of sp³-hybridized carbons (Fsp3) is 0.0909. The molecule has 2 aromatic rings. The largest absolute Gasteiger partial charge is 0.477 e. The van der Waals surface area contributed by atoms with Crippen LogP contribution in [-0.4, -0.2) is 35.6 Å². The Labute approximate surface area is 154 Å². The van der Waals surface area contributed by atoms with Crippen LogP contribution in [-0.2, 0) is 10.0 Å². The number of benzene rings is 1. The van der Waals surface area contributed by atoms with Crippen molar-refractivity contribution in [1.82, 2.24) is 9.97 Å². The van der Waals surface area contributed by atoms with Crippen molar-refractivity contribution in [1.29, 1.82) is 0 Å². The smallest absolute Gasteiger partial charge is 0.443 e. The number of nitrogens with zero attached hydrogens (tertiary/aromatic N) is 3. The van der Waals surface area contributed by atoms with Crippen molar-refractivity contribution in [2.45, 2.75) is 4.90 Å². The van der Waals surface area contributed by atoms with E-state index in [4.69, 9.17) is 33.1 Å². The summed E-state index contributed by atoms with van der Waals surface area (Å²) in [7, 11) is -3.00. The molecule has 0 atom stereocenters. The van der Waals surface area contributed by atoms with E-state index in [1.807, 2.05) is 0 Å². The van der Waals surface area contributed by atoms with Gasteiger partial charge in [0.05, 0.1) is 17.2 Å². The maximum absolute atomic E-state index is 12.5. The monoisotopic (exact) mass is 457 g/mol. The van der Waals surface area contributed by atoms with Crippen molar-refractivity contribution in [2.75, 3.05) is 11.8 Å². The standard InChI is InChI=1S/C11H8BrCl2N4O5S/c1-23-11-9(16-10(18(19)20)8(12)15-11)17-24(21,22)6-4-2-3-5(13)7(6)14/h2-4H,1H3,(H,16,17)(H,19,20)/q+1. The van der Waals surface area contributed by atoms with E-state index in [-0.39, 0.29) is 25.4 Å². The molecule has 1 heterocycles. The molecule has 128 valence electrons. The fourth-order valence-electron chi connectivity index (χ4n) is 1.60. The van der Waals surface area contributed by atoms with Crippen molar-refractivity contribution in [3.05, 3.63) is 37.8 Å². The van der Waals surface area contributed by atoms with Crippen molar-refractivity contribution >= 4 is 60.8 Å². The molecule has 24 heavy (non-hydrogen) atoms. The molecule has 0 unspecified atom stereocenters. The Morgan fingerprint density at radius 2 is 2.00 bits per heavy atom. The zero-order chi connectivity index (χ0) is 18.1. The highest BCUT2D eigenvalue weighted by molar-refractivity contribution is 9.10. The highest BCUT2D eigenvalue weighted by atomic mass is 79.9. The summed E-state index contributed by atoms with van der Waals surface area (Å²) >= 11 is 14.6. The number of hydrogen-bond acceptors (Lipinski definition) is 6. The van der Waals surface area contributed by atoms with Crippen LogP contribution in [0.4, 0.5) is 11.6 Å². The lowest BCUT2D eigenvalue weighted by molar-refractivity contribution is -0.732. The van der Waals surface area contributed by atoms with Crippen LogP contribution in [0, 0.1) is 4.91 Å². The van der Waals surface area contributed by atoms with E-state index in [0.717, 1.165) is 0 Å². The molecule has 0 saturated heterocycles. The molecular weight excluding hydrogens is 451 g/mol. The zero-order valence-corrected chi connectivity index (χ0v) is 15.6. The first-order valence-corrected chi connectivity index (χ1v) is 8.95. The third-order valence-electron chi connectivity index (χ3n) is 2.62. The van der Waals surface area contributed by atoms with Crippen molar-refractivity contribution in [3.63, 3.8) is 0 Å². The Hall–Kier alpha value is -1.69. The predicted octanol–water partition coefficient (Wildman–Crippen LogP) is 3.15. The summed E-state index contributed by atoms with van der Waals surface area (Å²) in [5.74, 6) is -1.25. The molecular formula is C11H8BrCl2N4O5S+. The van der Waals surface area contributed by atoms with E-state index in [0.29, 0.717) is 0 Å². The zero-order valence-electron chi connectivity index (χ0n) is 11.7. The van der Waals surface area contributed by atoms with Gasteiger partial charge in [0.25, 0.3) is 15.9 Å². The normalized spacial score (nSPS) is 11.2. The topological polar surface area (TPSA) is 121 Å². The quantitative estimate of drug-likeness (QED) is 0.659. The van der Waals surface area contributed by atoms with E-state index in [9.17, 15) is 13.3 Å². The van der Waals surface area contributed by atoms with Crippen LogP contribution in [0.15, 0.2) is 27.7 Å². The number of halogens is 3. The molecule has 13 heteroatoms. The molecule has 0 radical (unpaired) electrons. The van der Waals surface area contributed by atoms with Gasteiger partial charge in [-0.15, -0.1) is 0 Å². The van der Waals surface area contributed by atoms with Crippen molar-refractivity contribution < 1.29 is 23.3 Å². The van der Waals surface area contributed by atoms with Gasteiger partial charge in [-0.2, -0.15) is 4.98 Å². The Balaban J connectivity index is 2.55. The maximum Gasteiger partial charge on any atom is 0.443 e. The summed E-state index contributed by atoms with van der Waals surface area (Å²) in [6, 6.07) is 4.04. The molecule has 9 nitrogen and oxygen atoms in total. The lowest BCUT2D eigenvalue weighted by Gasteiger charge is -2.09. The summed E-state index contributed by atoms with van der Waals surface area (Å²) in [6.07, 6.45) is 0. The van der Waals surface area contributed by atoms with E-state index >= 15 is 0 Å². The molecule has 0 aliphatic heterocycles. The van der Waals surface area contributed by atoms with E-state index in [2.05, 4.69) is 30.6 Å². The molecule has 1 aromatic carbocycles. The van der Waals surface area contributed by atoms with Gasteiger partial charge >= 0.3 is 11.6 Å². The molecule has 1 aromatic heterocycles. The molecule has 0 amide bonds. The van der Waals surface area contributed by atoms with Crippen LogP contribution < -0.4 is 9.46 Å². The number of aromatic nitrogens is 2.